The minimum Gasteiger partial charge on any atom is -0.348 e. The molecule has 3 rings (SSSR count). The number of carbonyl (C=O) groups excluding carboxylic acids is 2. The molecule has 2 amide bonds. The van der Waals surface area contributed by atoms with Crippen LogP contribution < -0.4 is 5.32 Å². The Balaban J connectivity index is 1.69. The molecule has 0 fully saturated rings. The Morgan fingerprint density at radius 3 is 2.67 bits per heavy atom. The molecular formula is C18H21N5O4. The molecule has 1 aliphatic rings. The Morgan fingerprint density at radius 1 is 1.33 bits per heavy atom. The SMILES string of the molecule is CC(C)NC(=O)c1n[nH]c2c1CN(C(=O)Cc1ccc([N+](=O)[O-])cc1)CC2. The quantitative estimate of drug-likeness (QED) is 0.610. The molecule has 0 aliphatic carbocycles. The van der Waals surface area contributed by atoms with Gasteiger partial charge in [0, 0.05) is 48.9 Å². The summed E-state index contributed by atoms with van der Waals surface area (Å²) >= 11 is 0. The summed E-state index contributed by atoms with van der Waals surface area (Å²) in [6, 6.07) is 5.95. The lowest BCUT2D eigenvalue weighted by atomic mass is 10.0. The van der Waals surface area contributed by atoms with Crippen LogP contribution in [0.25, 0.3) is 0 Å². The van der Waals surface area contributed by atoms with Gasteiger partial charge in [0.1, 0.15) is 0 Å². The molecule has 2 heterocycles. The number of fused-ring (bicyclic) bond motifs is 1. The van der Waals surface area contributed by atoms with E-state index in [1.54, 1.807) is 17.0 Å². The normalized spacial score (nSPS) is 13.4. The van der Waals surface area contributed by atoms with Crippen LogP contribution in [0.2, 0.25) is 0 Å². The lowest BCUT2D eigenvalue weighted by Gasteiger charge is -2.27. The molecule has 1 aromatic heterocycles. The van der Waals surface area contributed by atoms with Crippen LogP contribution in [-0.4, -0.2) is 44.4 Å². The maximum absolute atomic E-state index is 12.6. The zero-order chi connectivity index (χ0) is 19.6. The van der Waals surface area contributed by atoms with Gasteiger partial charge in [-0.15, -0.1) is 0 Å². The van der Waals surface area contributed by atoms with Gasteiger partial charge in [0.15, 0.2) is 5.69 Å². The highest BCUT2D eigenvalue weighted by molar-refractivity contribution is 5.94. The third-order valence-electron chi connectivity index (χ3n) is 4.42. The number of nitrogens with one attached hydrogen (secondary N) is 2. The first-order valence-corrected chi connectivity index (χ1v) is 8.73. The number of hydrogen-bond donors (Lipinski definition) is 2. The van der Waals surface area contributed by atoms with E-state index in [0.717, 1.165) is 11.3 Å². The molecule has 0 radical (unpaired) electrons. The summed E-state index contributed by atoms with van der Waals surface area (Å²) in [7, 11) is 0. The molecule has 9 nitrogen and oxygen atoms in total. The van der Waals surface area contributed by atoms with Crippen LogP contribution in [0.15, 0.2) is 24.3 Å². The largest absolute Gasteiger partial charge is 0.348 e. The summed E-state index contributed by atoms with van der Waals surface area (Å²) in [5.74, 6) is -0.349. The highest BCUT2D eigenvalue weighted by atomic mass is 16.6. The summed E-state index contributed by atoms with van der Waals surface area (Å²) in [6.45, 7) is 4.60. The predicted molar refractivity (Wildman–Crippen MR) is 97.1 cm³/mol. The van der Waals surface area contributed by atoms with Crippen molar-refractivity contribution in [2.24, 2.45) is 0 Å². The number of H-pyrrole nitrogens is 1. The van der Waals surface area contributed by atoms with Gasteiger partial charge in [-0.1, -0.05) is 12.1 Å². The number of aromatic amines is 1. The monoisotopic (exact) mass is 371 g/mol. The van der Waals surface area contributed by atoms with Crippen LogP contribution in [0.4, 0.5) is 5.69 Å². The van der Waals surface area contributed by atoms with Crippen LogP contribution in [0.3, 0.4) is 0 Å². The van der Waals surface area contributed by atoms with Crippen LogP contribution in [0, 0.1) is 10.1 Å². The van der Waals surface area contributed by atoms with Crippen LogP contribution in [0.5, 0.6) is 0 Å². The number of amides is 2. The lowest BCUT2D eigenvalue weighted by Crippen LogP contribution is -2.38. The molecule has 142 valence electrons. The summed E-state index contributed by atoms with van der Waals surface area (Å²) in [4.78, 5) is 36.9. The van der Waals surface area contributed by atoms with E-state index >= 15 is 0 Å². The number of nitro groups is 1. The average molecular weight is 371 g/mol. The molecule has 27 heavy (non-hydrogen) atoms. The highest BCUT2D eigenvalue weighted by Crippen LogP contribution is 2.21. The van der Waals surface area contributed by atoms with Crippen molar-refractivity contribution in [1.82, 2.24) is 20.4 Å². The van der Waals surface area contributed by atoms with Gasteiger partial charge in [0.2, 0.25) is 5.91 Å². The van der Waals surface area contributed by atoms with Crippen LogP contribution in [0.1, 0.15) is 41.2 Å². The fourth-order valence-corrected chi connectivity index (χ4v) is 3.05. The van der Waals surface area contributed by atoms with Crippen molar-refractivity contribution in [1.29, 1.82) is 0 Å². The number of benzene rings is 1. The van der Waals surface area contributed by atoms with Gasteiger partial charge in [0.05, 0.1) is 11.3 Å². The van der Waals surface area contributed by atoms with Crippen molar-refractivity contribution in [2.45, 2.75) is 39.3 Å². The van der Waals surface area contributed by atoms with E-state index < -0.39 is 4.92 Å². The summed E-state index contributed by atoms with van der Waals surface area (Å²) < 4.78 is 0. The van der Waals surface area contributed by atoms with E-state index in [2.05, 4.69) is 15.5 Å². The van der Waals surface area contributed by atoms with Gasteiger partial charge >= 0.3 is 0 Å². The second-order valence-corrected chi connectivity index (χ2v) is 6.82. The van der Waals surface area contributed by atoms with Gasteiger partial charge < -0.3 is 10.2 Å². The van der Waals surface area contributed by atoms with Crippen molar-refractivity contribution in [2.75, 3.05) is 6.54 Å². The zero-order valence-electron chi connectivity index (χ0n) is 15.2. The summed E-state index contributed by atoms with van der Waals surface area (Å²) in [5, 5.41) is 20.5. The van der Waals surface area contributed by atoms with E-state index in [0.29, 0.717) is 30.8 Å². The van der Waals surface area contributed by atoms with Crippen molar-refractivity contribution in [3.8, 4) is 0 Å². The number of carbonyl (C=O) groups is 2. The topological polar surface area (TPSA) is 121 Å². The molecule has 0 saturated heterocycles. The molecular weight excluding hydrogens is 350 g/mol. The Labute approximate surface area is 155 Å². The summed E-state index contributed by atoms with van der Waals surface area (Å²) in [6.07, 6.45) is 0.752. The van der Waals surface area contributed by atoms with Gasteiger partial charge in [-0.05, 0) is 19.4 Å². The molecule has 0 atom stereocenters. The van der Waals surface area contributed by atoms with E-state index in [4.69, 9.17) is 0 Å². The third-order valence-corrected chi connectivity index (χ3v) is 4.42. The lowest BCUT2D eigenvalue weighted by molar-refractivity contribution is -0.384. The molecule has 0 spiro atoms. The summed E-state index contributed by atoms with van der Waals surface area (Å²) in [5.41, 5.74) is 2.65. The van der Waals surface area contributed by atoms with Gasteiger partial charge in [-0.25, -0.2) is 0 Å². The molecule has 1 aliphatic heterocycles. The first-order valence-electron chi connectivity index (χ1n) is 8.73. The number of aromatic nitrogens is 2. The van der Waals surface area contributed by atoms with E-state index in [1.165, 1.54) is 12.1 Å². The average Bonchev–Trinajstić information content (AvgIpc) is 3.04. The fraction of sp³-hybridized carbons (Fsp3) is 0.389. The van der Waals surface area contributed by atoms with Gasteiger partial charge in [-0.2, -0.15) is 5.10 Å². The Kier molecular flexibility index (Phi) is 5.20. The van der Waals surface area contributed by atoms with Crippen molar-refractivity contribution in [3.63, 3.8) is 0 Å². The van der Waals surface area contributed by atoms with E-state index in [9.17, 15) is 19.7 Å². The standard InChI is InChI=1S/C18H21N5O4/c1-11(2)19-18(25)17-14-10-22(8-7-15(14)20-21-17)16(24)9-12-3-5-13(6-4-12)23(26)27/h3-6,11H,7-10H2,1-2H3,(H,19,25)(H,20,21). The van der Waals surface area contributed by atoms with Crippen molar-refractivity contribution >= 4 is 17.5 Å². The molecule has 0 saturated carbocycles. The smallest absolute Gasteiger partial charge is 0.272 e. The minimum atomic E-state index is -0.472. The van der Waals surface area contributed by atoms with Crippen molar-refractivity contribution < 1.29 is 14.5 Å². The van der Waals surface area contributed by atoms with Gasteiger partial charge in [-0.3, -0.25) is 24.8 Å². The number of hydrogen-bond acceptors (Lipinski definition) is 5. The molecule has 0 unspecified atom stereocenters. The third kappa shape index (κ3) is 4.13. The maximum atomic E-state index is 12.6. The van der Waals surface area contributed by atoms with Crippen molar-refractivity contribution in [3.05, 3.63) is 56.9 Å². The maximum Gasteiger partial charge on any atom is 0.272 e. The van der Waals surface area contributed by atoms with Gasteiger partial charge in [0.25, 0.3) is 11.6 Å². The second kappa shape index (κ2) is 7.56. The Bertz CT molecular complexity index is 872. The molecule has 2 N–H and O–H groups in total. The fourth-order valence-electron chi connectivity index (χ4n) is 3.05. The van der Waals surface area contributed by atoms with Crippen LogP contribution in [-0.2, 0) is 24.2 Å². The number of non-ortho nitro benzene ring substituents is 1. The molecule has 0 bridgehead atoms. The molecule has 9 heteroatoms. The second-order valence-electron chi connectivity index (χ2n) is 6.82. The highest BCUT2D eigenvalue weighted by Gasteiger charge is 2.28. The number of nitrogens with zero attached hydrogens (tertiary/aromatic N) is 3. The molecule has 2 aromatic rings. The van der Waals surface area contributed by atoms with E-state index in [-0.39, 0.29) is 30.0 Å². The van der Waals surface area contributed by atoms with E-state index in [1.807, 2.05) is 13.8 Å². The number of rotatable bonds is 5. The first kappa shape index (κ1) is 18.6. The van der Waals surface area contributed by atoms with Crippen LogP contribution >= 0.6 is 0 Å². The molecule has 1 aromatic carbocycles. The Morgan fingerprint density at radius 2 is 2.04 bits per heavy atom. The Hall–Kier alpha value is -3.23. The number of nitro benzene ring substituents is 1. The zero-order valence-corrected chi connectivity index (χ0v) is 15.2. The predicted octanol–water partition coefficient (Wildman–Crippen LogP) is 1.58. The first-order chi connectivity index (χ1) is 12.8. The minimum absolute atomic E-state index is 0.00619.